The molecular weight excluding hydrogens is 232 g/mol. The Hall–Kier alpha value is -0.586. The number of hydrogen-bond donors (Lipinski definition) is 0. The first kappa shape index (κ1) is 13.5. The predicted octanol–water partition coefficient (Wildman–Crippen LogP) is 2.96. The third kappa shape index (κ3) is 3.47. The van der Waals surface area contributed by atoms with E-state index in [1.807, 2.05) is 6.07 Å². The van der Waals surface area contributed by atoms with E-state index >= 15 is 0 Å². The molecule has 1 rings (SSSR count). The lowest BCUT2D eigenvalue weighted by molar-refractivity contribution is 0.415. The van der Waals surface area contributed by atoms with Gasteiger partial charge in [-0.1, -0.05) is 18.2 Å². The van der Waals surface area contributed by atoms with E-state index < -0.39 is 16.6 Å². The van der Waals surface area contributed by atoms with Crippen LogP contribution in [0.5, 0.6) is 5.75 Å². The molecule has 0 N–H and O–H groups in total. The van der Waals surface area contributed by atoms with Gasteiger partial charge in [0, 0.05) is 12.3 Å². The zero-order chi connectivity index (χ0) is 12.4. The van der Waals surface area contributed by atoms with Gasteiger partial charge in [0.05, 0.1) is 0 Å². The maximum Gasteiger partial charge on any atom is 0.242 e. The van der Waals surface area contributed by atoms with Gasteiger partial charge in [-0.15, -0.1) is 0 Å². The molecule has 0 atom stereocenters. The molecule has 0 aliphatic rings. The van der Waals surface area contributed by atoms with Crippen molar-refractivity contribution in [3.05, 3.63) is 24.3 Å². The van der Waals surface area contributed by atoms with Gasteiger partial charge < -0.3 is 8.85 Å². The zero-order valence-electron chi connectivity index (χ0n) is 11.1. The van der Waals surface area contributed by atoms with E-state index in [1.165, 1.54) is 5.19 Å². The fourth-order valence-corrected chi connectivity index (χ4v) is 3.88. The Bertz CT molecular complexity index is 356. The average Bonchev–Trinajstić information content (AvgIpc) is 2.16. The van der Waals surface area contributed by atoms with Crippen LogP contribution in [0.25, 0.3) is 0 Å². The molecule has 0 aromatic heterocycles. The van der Waals surface area contributed by atoms with Gasteiger partial charge in [-0.25, -0.2) is 0 Å². The molecule has 0 saturated heterocycles. The van der Waals surface area contributed by atoms with Gasteiger partial charge in [0.1, 0.15) is 5.75 Å². The van der Waals surface area contributed by atoms with Gasteiger partial charge in [-0.2, -0.15) is 0 Å². The van der Waals surface area contributed by atoms with Crippen LogP contribution in [0.3, 0.4) is 0 Å². The molecule has 0 heterocycles. The van der Waals surface area contributed by atoms with Crippen molar-refractivity contribution in [1.29, 1.82) is 0 Å². The molecule has 2 nitrogen and oxygen atoms in total. The second kappa shape index (κ2) is 4.73. The van der Waals surface area contributed by atoms with Gasteiger partial charge in [-0.3, -0.25) is 0 Å². The topological polar surface area (TPSA) is 18.5 Å². The Balaban J connectivity index is 3.11. The Morgan fingerprint density at radius 2 is 1.50 bits per heavy atom. The SMILES string of the molecule is CO[Si](C)(C)c1ccccc1O[Si](C)(C)C. The molecule has 0 fully saturated rings. The fourth-order valence-electron chi connectivity index (χ4n) is 1.49. The van der Waals surface area contributed by atoms with Crippen LogP contribution in [0.15, 0.2) is 24.3 Å². The van der Waals surface area contributed by atoms with Crippen molar-refractivity contribution < 1.29 is 8.85 Å². The Morgan fingerprint density at radius 3 is 2.00 bits per heavy atom. The second-order valence-corrected chi connectivity index (χ2v) is 13.8. The molecule has 4 heteroatoms. The summed E-state index contributed by atoms with van der Waals surface area (Å²) in [5.41, 5.74) is 0. The minimum absolute atomic E-state index is 1.01. The van der Waals surface area contributed by atoms with Crippen LogP contribution < -0.4 is 9.61 Å². The monoisotopic (exact) mass is 254 g/mol. The quantitative estimate of drug-likeness (QED) is 0.769. The highest BCUT2D eigenvalue weighted by Crippen LogP contribution is 2.18. The smallest absolute Gasteiger partial charge is 0.242 e. The number of benzene rings is 1. The molecule has 0 unspecified atom stereocenters. The molecule has 0 amide bonds. The first-order chi connectivity index (χ1) is 7.26. The van der Waals surface area contributed by atoms with Gasteiger partial charge in [0.25, 0.3) is 0 Å². The maximum absolute atomic E-state index is 6.11. The molecule has 0 saturated carbocycles. The van der Waals surface area contributed by atoms with Crippen molar-refractivity contribution in [2.24, 2.45) is 0 Å². The summed E-state index contributed by atoms with van der Waals surface area (Å²) >= 11 is 0. The van der Waals surface area contributed by atoms with Crippen LogP contribution in [0.1, 0.15) is 0 Å². The van der Waals surface area contributed by atoms with Crippen LogP contribution in [-0.2, 0) is 4.43 Å². The fraction of sp³-hybridized carbons (Fsp3) is 0.500. The first-order valence-electron chi connectivity index (χ1n) is 5.60. The minimum atomic E-state index is -1.80. The molecule has 0 aliphatic carbocycles. The Morgan fingerprint density at radius 1 is 0.938 bits per heavy atom. The molecule has 1 aromatic rings. The summed E-state index contributed by atoms with van der Waals surface area (Å²) in [5, 5.41) is 1.25. The van der Waals surface area contributed by atoms with Crippen molar-refractivity contribution in [2.75, 3.05) is 7.11 Å². The largest absolute Gasteiger partial charge is 0.544 e. The van der Waals surface area contributed by atoms with E-state index in [0.717, 1.165) is 5.75 Å². The summed E-state index contributed by atoms with van der Waals surface area (Å²) in [7, 11) is -1.57. The van der Waals surface area contributed by atoms with Gasteiger partial charge in [0.15, 0.2) is 0 Å². The number of hydrogen-bond acceptors (Lipinski definition) is 2. The molecule has 1 aromatic carbocycles. The lowest BCUT2D eigenvalue weighted by Gasteiger charge is -2.27. The molecule has 0 radical (unpaired) electrons. The van der Waals surface area contributed by atoms with Gasteiger partial charge >= 0.3 is 0 Å². The summed E-state index contributed by atoms with van der Waals surface area (Å²) in [6.07, 6.45) is 0. The van der Waals surface area contributed by atoms with Crippen molar-refractivity contribution in [2.45, 2.75) is 32.7 Å². The lowest BCUT2D eigenvalue weighted by Crippen LogP contribution is -2.46. The van der Waals surface area contributed by atoms with E-state index in [9.17, 15) is 0 Å². The van der Waals surface area contributed by atoms with Crippen LogP contribution in [0.4, 0.5) is 0 Å². The molecule has 0 spiro atoms. The summed E-state index contributed by atoms with van der Waals surface area (Å²) < 4.78 is 11.8. The normalized spacial score (nSPS) is 12.6. The zero-order valence-corrected chi connectivity index (χ0v) is 13.1. The highest BCUT2D eigenvalue weighted by molar-refractivity contribution is 6.85. The third-order valence-corrected chi connectivity index (χ3v) is 6.03. The van der Waals surface area contributed by atoms with E-state index in [1.54, 1.807) is 7.11 Å². The van der Waals surface area contributed by atoms with Crippen LogP contribution in [0.2, 0.25) is 32.7 Å². The summed E-state index contributed by atoms with van der Waals surface area (Å²) in [4.78, 5) is 0. The molecular formula is C12H22O2Si2. The standard InChI is InChI=1S/C12H22O2Si2/c1-13-16(5,6)12-10-8-7-9-11(12)14-15(2,3)4/h7-10H,1-6H3. The van der Waals surface area contributed by atoms with Crippen molar-refractivity contribution in [1.82, 2.24) is 0 Å². The van der Waals surface area contributed by atoms with Crippen molar-refractivity contribution >= 4 is 21.8 Å². The molecule has 0 bridgehead atoms. The Kier molecular flexibility index (Phi) is 3.99. The van der Waals surface area contributed by atoms with Crippen LogP contribution in [-0.4, -0.2) is 23.7 Å². The third-order valence-electron chi connectivity index (χ3n) is 2.46. The summed E-state index contributed by atoms with van der Waals surface area (Å²) in [6, 6.07) is 8.27. The average molecular weight is 254 g/mol. The van der Waals surface area contributed by atoms with Gasteiger partial charge in [0.2, 0.25) is 16.6 Å². The summed E-state index contributed by atoms with van der Waals surface area (Å²) in [6.45, 7) is 11.0. The van der Waals surface area contributed by atoms with E-state index in [-0.39, 0.29) is 0 Å². The molecule has 0 aliphatic heterocycles. The van der Waals surface area contributed by atoms with Crippen LogP contribution in [0, 0.1) is 0 Å². The maximum atomic E-state index is 6.11. The van der Waals surface area contributed by atoms with E-state index in [4.69, 9.17) is 8.85 Å². The first-order valence-corrected chi connectivity index (χ1v) is 11.9. The number of rotatable bonds is 4. The van der Waals surface area contributed by atoms with Crippen LogP contribution >= 0.6 is 0 Å². The van der Waals surface area contributed by atoms with E-state index in [2.05, 4.69) is 50.9 Å². The van der Waals surface area contributed by atoms with Gasteiger partial charge in [-0.05, 0) is 38.8 Å². The summed E-state index contributed by atoms with van der Waals surface area (Å²) in [5.74, 6) is 1.01. The molecule has 90 valence electrons. The van der Waals surface area contributed by atoms with Crippen molar-refractivity contribution in [3.8, 4) is 5.75 Å². The number of para-hydroxylation sites is 1. The van der Waals surface area contributed by atoms with Crippen molar-refractivity contribution in [3.63, 3.8) is 0 Å². The Labute approximate surface area is 101 Å². The predicted molar refractivity (Wildman–Crippen MR) is 74.5 cm³/mol. The minimum Gasteiger partial charge on any atom is -0.544 e. The highest BCUT2D eigenvalue weighted by Gasteiger charge is 2.29. The lowest BCUT2D eigenvalue weighted by atomic mass is 10.3. The highest BCUT2D eigenvalue weighted by atomic mass is 28.4. The van der Waals surface area contributed by atoms with E-state index in [0.29, 0.717) is 0 Å². The second-order valence-electron chi connectivity index (χ2n) is 5.43. The molecule has 16 heavy (non-hydrogen) atoms.